The molecule has 1 unspecified atom stereocenters. The van der Waals surface area contributed by atoms with Gasteiger partial charge in [0.2, 0.25) is 0 Å². The van der Waals surface area contributed by atoms with Gasteiger partial charge in [0, 0.05) is 18.0 Å². The van der Waals surface area contributed by atoms with E-state index in [1.54, 1.807) is 12.4 Å². The second-order valence-corrected chi connectivity index (χ2v) is 4.47. The van der Waals surface area contributed by atoms with Crippen LogP contribution in [0.5, 0.6) is 0 Å². The van der Waals surface area contributed by atoms with E-state index < -0.39 is 0 Å². The second-order valence-electron chi connectivity index (χ2n) is 4.47. The lowest BCUT2D eigenvalue weighted by Crippen LogP contribution is -2.12. The Hall–Kier alpha value is -1.74. The third-order valence-corrected chi connectivity index (χ3v) is 2.90. The van der Waals surface area contributed by atoms with Crippen LogP contribution in [0.2, 0.25) is 0 Å². The van der Waals surface area contributed by atoms with Gasteiger partial charge in [-0.3, -0.25) is 0 Å². The Kier molecular flexibility index (Phi) is 3.49. The molecule has 1 atom stereocenters. The predicted molar refractivity (Wildman–Crippen MR) is 68.6 cm³/mol. The summed E-state index contributed by atoms with van der Waals surface area (Å²) in [5, 5.41) is 0. The van der Waals surface area contributed by atoms with Crippen molar-refractivity contribution in [3.63, 3.8) is 0 Å². The average molecular weight is 227 g/mol. The maximum atomic E-state index is 6.16. The SMILES string of the molecule is CC(C)c1ccc(C(N)c2cncnc2)cc1. The van der Waals surface area contributed by atoms with Gasteiger partial charge >= 0.3 is 0 Å². The zero-order chi connectivity index (χ0) is 12.3. The van der Waals surface area contributed by atoms with Crippen LogP contribution in [0, 0.1) is 0 Å². The fourth-order valence-corrected chi connectivity index (χ4v) is 1.75. The van der Waals surface area contributed by atoms with Crippen LogP contribution < -0.4 is 5.73 Å². The smallest absolute Gasteiger partial charge is 0.115 e. The molecule has 0 aliphatic carbocycles. The molecule has 0 radical (unpaired) electrons. The topological polar surface area (TPSA) is 51.8 Å². The zero-order valence-electron chi connectivity index (χ0n) is 10.2. The molecule has 3 nitrogen and oxygen atoms in total. The molecular weight excluding hydrogens is 210 g/mol. The molecule has 0 amide bonds. The van der Waals surface area contributed by atoms with Gasteiger partial charge in [-0.1, -0.05) is 38.1 Å². The number of rotatable bonds is 3. The van der Waals surface area contributed by atoms with Crippen LogP contribution in [-0.2, 0) is 0 Å². The van der Waals surface area contributed by atoms with Crippen molar-refractivity contribution in [2.45, 2.75) is 25.8 Å². The minimum Gasteiger partial charge on any atom is -0.320 e. The molecule has 0 fully saturated rings. The van der Waals surface area contributed by atoms with E-state index in [0.29, 0.717) is 5.92 Å². The van der Waals surface area contributed by atoms with Crippen molar-refractivity contribution < 1.29 is 0 Å². The summed E-state index contributed by atoms with van der Waals surface area (Å²) in [5.41, 5.74) is 9.51. The molecule has 0 saturated heterocycles. The highest BCUT2D eigenvalue weighted by Crippen LogP contribution is 2.21. The van der Waals surface area contributed by atoms with Crippen LogP contribution in [0.15, 0.2) is 43.0 Å². The van der Waals surface area contributed by atoms with E-state index in [1.807, 2.05) is 0 Å². The van der Waals surface area contributed by atoms with Crippen molar-refractivity contribution in [3.8, 4) is 0 Å². The van der Waals surface area contributed by atoms with Gasteiger partial charge in [0.15, 0.2) is 0 Å². The van der Waals surface area contributed by atoms with E-state index in [4.69, 9.17) is 5.73 Å². The number of aromatic nitrogens is 2. The highest BCUT2D eigenvalue weighted by Gasteiger charge is 2.09. The normalized spacial score (nSPS) is 12.7. The maximum absolute atomic E-state index is 6.16. The first kappa shape index (κ1) is 11.7. The van der Waals surface area contributed by atoms with E-state index in [-0.39, 0.29) is 6.04 Å². The summed E-state index contributed by atoms with van der Waals surface area (Å²) in [6, 6.07) is 8.25. The van der Waals surface area contributed by atoms with Gasteiger partial charge < -0.3 is 5.73 Å². The van der Waals surface area contributed by atoms with Crippen LogP contribution in [0.25, 0.3) is 0 Å². The molecule has 0 spiro atoms. The Morgan fingerprint density at radius 1 is 0.882 bits per heavy atom. The van der Waals surface area contributed by atoms with Gasteiger partial charge in [0.05, 0.1) is 6.04 Å². The van der Waals surface area contributed by atoms with Crippen molar-refractivity contribution in [1.29, 1.82) is 0 Å². The maximum Gasteiger partial charge on any atom is 0.115 e. The van der Waals surface area contributed by atoms with E-state index in [0.717, 1.165) is 11.1 Å². The molecular formula is C14H17N3. The Morgan fingerprint density at radius 3 is 1.94 bits per heavy atom. The van der Waals surface area contributed by atoms with Crippen LogP contribution in [0.4, 0.5) is 0 Å². The molecule has 1 heterocycles. The largest absolute Gasteiger partial charge is 0.320 e. The first-order chi connectivity index (χ1) is 8.18. The molecule has 0 aliphatic rings. The van der Waals surface area contributed by atoms with E-state index in [2.05, 4.69) is 48.1 Å². The summed E-state index contributed by atoms with van der Waals surface area (Å²) >= 11 is 0. The van der Waals surface area contributed by atoms with Crippen molar-refractivity contribution in [2.24, 2.45) is 5.73 Å². The summed E-state index contributed by atoms with van der Waals surface area (Å²) in [6.45, 7) is 4.36. The van der Waals surface area contributed by atoms with Crippen molar-refractivity contribution in [2.75, 3.05) is 0 Å². The number of benzene rings is 1. The molecule has 3 heteroatoms. The standard InChI is InChI=1S/C14H17N3/c1-10(2)11-3-5-12(6-4-11)14(15)13-7-16-9-17-8-13/h3-10,14H,15H2,1-2H3. The third-order valence-electron chi connectivity index (χ3n) is 2.90. The summed E-state index contributed by atoms with van der Waals surface area (Å²) in [5.74, 6) is 0.542. The minimum atomic E-state index is -0.155. The summed E-state index contributed by atoms with van der Waals surface area (Å²) < 4.78 is 0. The van der Waals surface area contributed by atoms with Crippen LogP contribution >= 0.6 is 0 Å². The highest BCUT2D eigenvalue weighted by molar-refractivity contribution is 5.31. The number of nitrogens with zero attached hydrogens (tertiary/aromatic N) is 2. The Morgan fingerprint density at radius 2 is 1.41 bits per heavy atom. The number of nitrogens with two attached hydrogens (primary N) is 1. The van der Waals surface area contributed by atoms with E-state index in [9.17, 15) is 0 Å². The molecule has 2 rings (SSSR count). The van der Waals surface area contributed by atoms with Gasteiger partial charge in [0.25, 0.3) is 0 Å². The number of hydrogen-bond donors (Lipinski definition) is 1. The van der Waals surface area contributed by atoms with Gasteiger partial charge in [-0.2, -0.15) is 0 Å². The molecule has 1 aromatic heterocycles. The lowest BCUT2D eigenvalue weighted by atomic mass is 9.97. The summed E-state index contributed by atoms with van der Waals surface area (Å²) in [6.07, 6.45) is 5.03. The lowest BCUT2D eigenvalue weighted by Gasteiger charge is -2.13. The Labute approximate surface area is 102 Å². The molecule has 2 N–H and O–H groups in total. The Bertz CT molecular complexity index is 463. The van der Waals surface area contributed by atoms with Crippen molar-refractivity contribution in [1.82, 2.24) is 9.97 Å². The molecule has 17 heavy (non-hydrogen) atoms. The van der Waals surface area contributed by atoms with Gasteiger partial charge in [-0.15, -0.1) is 0 Å². The van der Waals surface area contributed by atoms with Crippen LogP contribution in [-0.4, -0.2) is 9.97 Å². The predicted octanol–water partition coefficient (Wildman–Crippen LogP) is 2.65. The van der Waals surface area contributed by atoms with Crippen molar-refractivity contribution >= 4 is 0 Å². The van der Waals surface area contributed by atoms with Gasteiger partial charge in [0.1, 0.15) is 6.33 Å². The second kappa shape index (κ2) is 5.06. The third kappa shape index (κ3) is 2.68. The van der Waals surface area contributed by atoms with E-state index in [1.165, 1.54) is 11.9 Å². The molecule has 0 bridgehead atoms. The minimum absolute atomic E-state index is 0.155. The summed E-state index contributed by atoms with van der Waals surface area (Å²) in [7, 11) is 0. The molecule has 0 saturated carbocycles. The van der Waals surface area contributed by atoms with E-state index >= 15 is 0 Å². The van der Waals surface area contributed by atoms with Crippen LogP contribution in [0.1, 0.15) is 42.5 Å². The first-order valence-electron chi connectivity index (χ1n) is 5.79. The molecule has 0 aliphatic heterocycles. The highest BCUT2D eigenvalue weighted by atomic mass is 14.8. The molecule has 88 valence electrons. The van der Waals surface area contributed by atoms with Gasteiger partial charge in [-0.05, 0) is 17.0 Å². The monoisotopic (exact) mass is 227 g/mol. The Balaban J connectivity index is 2.23. The first-order valence-corrected chi connectivity index (χ1v) is 5.79. The lowest BCUT2D eigenvalue weighted by molar-refractivity contribution is 0.837. The summed E-state index contributed by atoms with van der Waals surface area (Å²) in [4.78, 5) is 7.97. The zero-order valence-corrected chi connectivity index (χ0v) is 10.2. The molecule has 1 aromatic carbocycles. The fraction of sp³-hybridized carbons (Fsp3) is 0.286. The quantitative estimate of drug-likeness (QED) is 0.877. The number of hydrogen-bond acceptors (Lipinski definition) is 3. The average Bonchev–Trinajstić information content (AvgIpc) is 2.39. The van der Waals surface area contributed by atoms with Crippen LogP contribution in [0.3, 0.4) is 0 Å². The fourth-order valence-electron chi connectivity index (χ4n) is 1.75. The van der Waals surface area contributed by atoms with Crippen molar-refractivity contribution in [3.05, 3.63) is 59.7 Å². The molecule has 2 aromatic rings. The van der Waals surface area contributed by atoms with Gasteiger partial charge in [-0.25, -0.2) is 9.97 Å².